The number of imidazole rings is 1. The highest BCUT2D eigenvalue weighted by molar-refractivity contribution is 6.33. The van der Waals surface area contributed by atoms with Crippen LogP contribution < -0.4 is 10.5 Å². The van der Waals surface area contributed by atoms with Crippen molar-refractivity contribution >= 4 is 17.3 Å². The van der Waals surface area contributed by atoms with Crippen LogP contribution in [0.2, 0.25) is 5.02 Å². The van der Waals surface area contributed by atoms with Crippen LogP contribution in [0.25, 0.3) is 5.69 Å². The molecule has 0 saturated heterocycles. The number of anilines is 1. The number of para-hydroxylation sites is 1. The van der Waals surface area contributed by atoms with Crippen molar-refractivity contribution in [1.82, 2.24) is 19.3 Å². The molecule has 130 valence electrons. The quantitative estimate of drug-likeness (QED) is 0.680. The van der Waals surface area contributed by atoms with Crippen LogP contribution in [0.5, 0.6) is 0 Å². The Bertz CT molecular complexity index is 903. The van der Waals surface area contributed by atoms with Crippen molar-refractivity contribution in [2.45, 2.75) is 19.9 Å². The van der Waals surface area contributed by atoms with Gasteiger partial charge in [-0.3, -0.25) is 4.79 Å². The highest BCUT2D eigenvalue weighted by Crippen LogP contribution is 2.20. The van der Waals surface area contributed by atoms with Gasteiger partial charge in [-0.25, -0.2) is 4.98 Å². The largest absolute Gasteiger partial charge is 0.372 e. The zero-order valence-corrected chi connectivity index (χ0v) is 15.0. The average molecular weight is 358 g/mol. The molecule has 0 unspecified atom stereocenters. The summed E-state index contributed by atoms with van der Waals surface area (Å²) < 4.78 is 3.41. The number of aromatic nitrogens is 4. The van der Waals surface area contributed by atoms with Gasteiger partial charge in [-0.05, 0) is 25.5 Å². The van der Waals surface area contributed by atoms with E-state index < -0.39 is 0 Å². The second-order valence-electron chi connectivity index (χ2n) is 5.84. The van der Waals surface area contributed by atoms with E-state index in [1.165, 1.54) is 4.68 Å². The third-order valence-electron chi connectivity index (χ3n) is 4.13. The highest BCUT2D eigenvalue weighted by atomic mass is 35.5. The van der Waals surface area contributed by atoms with Crippen molar-refractivity contribution in [2.24, 2.45) is 0 Å². The van der Waals surface area contributed by atoms with E-state index in [1.807, 2.05) is 55.4 Å². The summed E-state index contributed by atoms with van der Waals surface area (Å²) in [6, 6.07) is 9.24. The van der Waals surface area contributed by atoms with Crippen molar-refractivity contribution in [3.05, 3.63) is 70.1 Å². The van der Waals surface area contributed by atoms with Gasteiger partial charge in [0, 0.05) is 32.5 Å². The van der Waals surface area contributed by atoms with Crippen LogP contribution in [-0.2, 0) is 6.54 Å². The molecule has 1 aromatic carbocycles. The summed E-state index contributed by atoms with van der Waals surface area (Å²) in [6.45, 7) is 3.60. The number of hydrogen-bond acceptors (Lipinski definition) is 4. The first-order chi connectivity index (χ1) is 12.1. The fourth-order valence-corrected chi connectivity index (χ4v) is 2.96. The molecule has 0 fully saturated rings. The molecule has 0 amide bonds. The first-order valence-electron chi connectivity index (χ1n) is 8.10. The number of rotatable bonds is 6. The average Bonchev–Trinajstić information content (AvgIpc) is 3.03. The third kappa shape index (κ3) is 3.74. The molecule has 0 aliphatic carbocycles. The van der Waals surface area contributed by atoms with Crippen molar-refractivity contribution in [1.29, 1.82) is 0 Å². The van der Waals surface area contributed by atoms with Crippen LogP contribution in [0, 0.1) is 6.92 Å². The molecule has 3 aromatic rings. The maximum Gasteiger partial charge on any atom is 0.292 e. The van der Waals surface area contributed by atoms with Crippen molar-refractivity contribution in [3.63, 3.8) is 0 Å². The highest BCUT2D eigenvalue weighted by Gasteiger charge is 2.13. The topological polar surface area (TPSA) is 56.0 Å². The van der Waals surface area contributed by atoms with Gasteiger partial charge in [0.15, 0.2) is 0 Å². The van der Waals surface area contributed by atoms with E-state index in [0.717, 1.165) is 25.3 Å². The summed E-state index contributed by atoms with van der Waals surface area (Å²) in [4.78, 5) is 18.7. The molecular weight excluding hydrogens is 338 g/mol. The lowest BCUT2D eigenvalue weighted by molar-refractivity contribution is 0.621. The first-order valence-corrected chi connectivity index (χ1v) is 8.48. The molecule has 0 spiro atoms. The summed E-state index contributed by atoms with van der Waals surface area (Å²) in [5, 5.41) is 4.45. The monoisotopic (exact) mass is 357 g/mol. The second kappa shape index (κ2) is 7.53. The van der Waals surface area contributed by atoms with E-state index in [4.69, 9.17) is 11.6 Å². The molecule has 6 nitrogen and oxygen atoms in total. The van der Waals surface area contributed by atoms with E-state index in [1.54, 1.807) is 12.4 Å². The van der Waals surface area contributed by atoms with Gasteiger partial charge in [-0.15, -0.1) is 0 Å². The Morgan fingerprint density at radius 3 is 2.68 bits per heavy atom. The summed E-state index contributed by atoms with van der Waals surface area (Å²) in [6.07, 6.45) is 6.30. The van der Waals surface area contributed by atoms with Gasteiger partial charge in [0.05, 0.1) is 17.6 Å². The van der Waals surface area contributed by atoms with Crippen LogP contribution in [0.3, 0.4) is 0 Å². The van der Waals surface area contributed by atoms with E-state index in [2.05, 4.69) is 14.6 Å². The molecule has 7 heteroatoms. The lowest BCUT2D eigenvalue weighted by Gasteiger charge is -2.20. The molecule has 0 aliphatic heterocycles. The summed E-state index contributed by atoms with van der Waals surface area (Å²) in [7, 11) is 1.91. The van der Waals surface area contributed by atoms with Crippen molar-refractivity contribution in [2.75, 3.05) is 18.5 Å². The SMILES string of the molecule is Cc1nccn1CCCN(C)c1cnn(-c2ccccc2)c(=O)c1Cl. The number of nitrogens with zero attached hydrogens (tertiary/aromatic N) is 5. The van der Waals surface area contributed by atoms with Gasteiger partial charge < -0.3 is 9.47 Å². The van der Waals surface area contributed by atoms with E-state index in [0.29, 0.717) is 11.4 Å². The fraction of sp³-hybridized carbons (Fsp3) is 0.278. The van der Waals surface area contributed by atoms with Gasteiger partial charge in [0.1, 0.15) is 10.8 Å². The fourth-order valence-electron chi connectivity index (χ4n) is 2.68. The molecule has 0 aliphatic rings. The zero-order chi connectivity index (χ0) is 17.8. The Balaban J connectivity index is 1.73. The van der Waals surface area contributed by atoms with Gasteiger partial charge in [-0.1, -0.05) is 29.8 Å². The molecule has 2 heterocycles. The van der Waals surface area contributed by atoms with Crippen molar-refractivity contribution < 1.29 is 0 Å². The minimum absolute atomic E-state index is 0.181. The molecule has 0 radical (unpaired) electrons. The second-order valence-corrected chi connectivity index (χ2v) is 6.22. The predicted molar refractivity (Wildman–Crippen MR) is 99.7 cm³/mol. The van der Waals surface area contributed by atoms with Gasteiger partial charge in [0.2, 0.25) is 0 Å². The Hall–Kier alpha value is -2.60. The van der Waals surface area contributed by atoms with Crippen LogP contribution in [-0.4, -0.2) is 32.9 Å². The normalized spacial score (nSPS) is 10.8. The standard InChI is InChI=1S/C18H20ClN5O/c1-14-20-9-12-23(14)11-6-10-22(2)16-13-21-24(18(25)17(16)19)15-7-4-3-5-8-15/h3-5,7-9,12-13H,6,10-11H2,1-2H3. The van der Waals surface area contributed by atoms with E-state index >= 15 is 0 Å². The molecule has 25 heavy (non-hydrogen) atoms. The Labute approximate surface area is 151 Å². The van der Waals surface area contributed by atoms with Crippen LogP contribution in [0.15, 0.2) is 53.7 Å². The molecule has 2 aromatic heterocycles. The maximum absolute atomic E-state index is 12.5. The predicted octanol–water partition coefficient (Wildman–Crippen LogP) is 2.92. The number of halogens is 1. The van der Waals surface area contributed by atoms with Gasteiger partial charge >= 0.3 is 0 Å². The zero-order valence-electron chi connectivity index (χ0n) is 14.3. The lowest BCUT2D eigenvalue weighted by atomic mass is 10.3. The van der Waals surface area contributed by atoms with E-state index in [-0.39, 0.29) is 10.6 Å². The Kier molecular flexibility index (Phi) is 5.19. The summed E-state index contributed by atoms with van der Waals surface area (Å²) >= 11 is 6.32. The minimum atomic E-state index is -0.317. The smallest absolute Gasteiger partial charge is 0.292 e. The van der Waals surface area contributed by atoms with Gasteiger partial charge in [-0.2, -0.15) is 9.78 Å². The van der Waals surface area contributed by atoms with E-state index in [9.17, 15) is 4.79 Å². The summed E-state index contributed by atoms with van der Waals surface area (Å²) in [5.74, 6) is 0.993. The maximum atomic E-state index is 12.5. The van der Waals surface area contributed by atoms with Crippen LogP contribution >= 0.6 is 11.6 Å². The molecule has 3 rings (SSSR count). The number of benzene rings is 1. The molecular formula is C18H20ClN5O. The third-order valence-corrected chi connectivity index (χ3v) is 4.48. The van der Waals surface area contributed by atoms with Crippen LogP contribution in [0.1, 0.15) is 12.2 Å². The molecule has 0 saturated carbocycles. The van der Waals surface area contributed by atoms with Crippen LogP contribution in [0.4, 0.5) is 5.69 Å². The molecule has 0 bridgehead atoms. The van der Waals surface area contributed by atoms with Gasteiger partial charge in [0.25, 0.3) is 5.56 Å². The Morgan fingerprint density at radius 1 is 1.24 bits per heavy atom. The number of hydrogen-bond donors (Lipinski definition) is 0. The summed E-state index contributed by atoms with van der Waals surface area (Å²) in [5.41, 5.74) is 1.02. The lowest BCUT2D eigenvalue weighted by Crippen LogP contribution is -2.27. The number of aryl methyl sites for hydroxylation is 2. The Morgan fingerprint density at radius 2 is 2.00 bits per heavy atom. The molecule has 0 atom stereocenters. The molecule has 0 N–H and O–H groups in total. The van der Waals surface area contributed by atoms with Crippen molar-refractivity contribution in [3.8, 4) is 5.69 Å². The minimum Gasteiger partial charge on any atom is -0.372 e. The first kappa shape index (κ1) is 17.2.